The van der Waals surface area contributed by atoms with Gasteiger partial charge in [-0.25, -0.2) is 9.97 Å². The van der Waals surface area contributed by atoms with Gasteiger partial charge in [-0.05, 0) is 19.1 Å². The van der Waals surface area contributed by atoms with Crippen molar-refractivity contribution in [2.24, 2.45) is 0 Å². The molecule has 0 amide bonds. The summed E-state index contributed by atoms with van der Waals surface area (Å²) in [6.45, 7) is 1.86. The standard InChI is InChI=1S/C9H7ClN2/c1-6-11-5-7-8(10)3-2-4-9(7)12-6/h2-5H,1H3. The minimum absolute atomic E-state index is 0.701. The molecule has 0 bridgehead atoms. The molecule has 0 spiro atoms. The Kier molecular flexibility index (Phi) is 1.70. The summed E-state index contributed by atoms with van der Waals surface area (Å²) in [4.78, 5) is 8.31. The Hall–Kier alpha value is -1.15. The molecule has 0 radical (unpaired) electrons. The van der Waals surface area contributed by atoms with Crippen molar-refractivity contribution >= 4 is 22.5 Å². The zero-order valence-electron chi connectivity index (χ0n) is 6.58. The minimum Gasteiger partial charge on any atom is -0.241 e. The van der Waals surface area contributed by atoms with Crippen LogP contribution in [0.3, 0.4) is 0 Å². The van der Waals surface area contributed by atoms with E-state index in [1.165, 1.54) is 0 Å². The summed E-state index contributed by atoms with van der Waals surface area (Å²) < 4.78 is 0. The summed E-state index contributed by atoms with van der Waals surface area (Å²) in [6, 6.07) is 5.65. The maximum Gasteiger partial charge on any atom is 0.125 e. The second kappa shape index (κ2) is 2.72. The van der Waals surface area contributed by atoms with Crippen molar-refractivity contribution < 1.29 is 0 Å². The van der Waals surface area contributed by atoms with Gasteiger partial charge in [-0.3, -0.25) is 0 Å². The Bertz CT molecular complexity index is 426. The molecule has 0 saturated carbocycles. The Labute approximate surface area is 75.2 Å². The maximum absolute atomic E-state index is 5.93. The lowest BCUT2D eigenvalue weighted by atomic mass is 10.2. The molecule has 1 aromatic carbocycles. The van der Waals surface area contributed by atoms with Crippen LogP contribution in [0.15, 0.2) is 24.4 Å². The molecule has 0 aliphatic rings. The predicted molar refractivity (Wildman–Crippen MR) is 49.3 cm³/mol. The first kappa shape index (κ1) is 7.50. The van der Waals surface area contributed by atoms with Crippen LogP contribution in [0.2, 0.25) is 5.02 Å². The van der Waals surface area contributed by atoms with Gasteiger partial charge in [-0.2, -0.15) is 0 Å². The highest BCUT2D eigenvalue weighted by Crippen LogP contribution is 2.20. The third-order valence-electron chi connectivity index (χ3n) is 1.69. The van der Waals surface area contributed by atoms with Gasteiger partial charge in [-0.15, -0.1) is 0 Å². The molecule has 0 atom stereocenters. The second-order valence-electron chi connectivity index (χ2n) is 2.59. The number of aryl methyl sites for hydroxylation is 1. The lowest BCUT2D eigenvalue weighted by molar-refractivity contribution is 1.09. The lowest BCUT2D eigenvalue weighted by Crippen LogP contribution is -1.87. The van der Waals surface area contributed by atoms with Crippen LogP contribution in [-0.2, 0) is 0 Å². The molecular formula is C9H7ClN2. The third kappa shape index (κ3) is 1.14. The highest BCUT2D eigenvalue weighted by molar-refractivity contribution is 6.35. The average Bonchev–Trinajstić information content (AvgIpc) is 2.04. The van der Waals surface area contributed by atoms with Gasteiger partial charge >= 0.3 is 0 Å². The molecular weight excluding hydrogens is 172 g/mol. The first-order valence-corrected chi connectivity index (χ1v) is 4.03. The van der Waals surface area contributed by atoms with Gasteiger partial charge in [0.05, 0.1) is 10.5 Å². The van der Waals surface area contributed by atoms with Crippen LogP contribution in [0.25, 0.3) is 10.9 Å². The van der Waals surface area contributed by atoms with Crippen molar-refractivity contribution in [2.45, 2.75) is 6.92 Å². The van der Waals surface area contributed by atoms with E-state index < -0.39 is 0 Å². The number of aromatic nitrogens is 2. The van der Waals surface area contributed by atoms with Crippen LogP contribution in [0.1, 0.15) is 5.82 Å². The van der Waals surface area contributed by atoms with Gasteiger partial charge in [0.2, 0.25) is 0 Å². The zero-order valence-corrected chi connectivity index (χ0v) is 7.34. The van der Waals surface area contributed by atoms with Gasteiger partial charge in [0.15, 0.2) is 0 Å². The van der Waals surface area contributed by atoms with Crippen LogP contribution in [0.5, 0.6) is 0 Å². The van der Waals surface area contributed by atoms with E-state index in [2.05, 4.69) is 9.97 Å². The summed E-state index contributed by atoms with van der Waals surface area (Å²) in [7, 11) is 0. The Morgan fingerprint density at radius 3 is 3.00 bits per heavy atom. The molecule has 3 heteroatoms. The molecule has 2 nitrogen and oxygen atoms in total. The van der Waals surface area contributed by atoms with Crippen molar-refractivity contribution in [1.82, 2.24) is 9.97 Å². The molecule has 2 aromatic rings. The summed E-state index contributed by atoms with van der Waals surface area (Å²) in [5.41, 5.74) is 0.898. The molecule has 60 valence electrons. The highest BCUT2D eigenvalue weighted by atomic mass is 35.5. The monoisotopic (exact) mass is 178 g/mol. The Morgan fingerprint density at radius 1 is 1.33 bits per heavy atom. The quantitative estimate of drug-likeness (QED) is 0.620. The SMILES string of the molecule is Cc1ncc2c(Cl)cccc2n1. The van der Waals surface area contributed by atoms with E-state index in [1.54, 1.807) is 6.20 Å². The summed E-state index contributed by atoms with van der Waals surface area (Å²) >= 11 is 5.93. The van der Waals surface area contributed by atoms with Crippen LogP contribution in [-0.4, -0.2) is 9.97 Å². The van der Waals surface area contributed by atoms with E-state index >= 15 is 0 Å². The van der Waals surface area contributed by atoms with E-state index in [1.807, 2.05) is 25.1 Å². The molecule has 1 heterocycles. The zero-order chi connectivity index (χ0) is 8.55. The van der Waals surface area contributed by atoms with Gasteiger partial charge < -0.3 is 0 Å². The lowest BCUT2D eigenvalue weighted by Gasteiger charge is -1.98. The van der Waals surface area contributed by atoms with Gasteiger partial charge in [0.25, 0.3) is 0 Å². The first-order chi connectivity index (χ1) is 5.77. The molecule has 12 heavy (non-hydrogen) atoms. The number of rotatable bonds is 0. The van der Waals surface area contributed by atoms with E-state index in [-0.39, 0.29) is 0 Å². The summed E-state index contributed by atoms with van der Waals surface area (Å²) in [5, 5.41) is 1.61. The van der Waals surface area contributed by atoms with E-state index in [0.29, 0.717) is 5.02 Å². The fourth-order valence-corrected chi connectivity index (χ4v) is 1.33. The number of hydrogen-bond acceptors (Lipinski definition) is 2. The molecule has 1 aromatic heterocycles. The van der Waals surface area contributed by atoms with Crippen LogP contribution >= 0.6 is 11.6 Å². The van der Waals surface area contributed by atoms with E-state index in [4.69, 9.17) is 11.6 Å². The Morgan fingerprint density at radius 2 is 2.17 bits per heavy atom. The fraction of sp³-hybridized carbons (Fsp3) is 0.111. The molecule has 0 saturated heterocycles. The van der Waals surface area contributed by atoms with E-state index in [0.717, 1.165) is 16.7 Å². The van der Waals surface area contributed by atoms with Gasteiger partial charge in [-0.1, -0.05) is 17.7 Å². The predicted octanol–water partition coefficient (Wildman–Crippen LogP) is 2.59. The number of fused-ring (bicyclic) bond motifs is 1. The van der Waals surface area contributed by atoms with Crippen LogP contribution in [0, 0.1) is 6.92 Å². The molecule has 0 aliphatic heterocycles. The van der Waals surface area contributed by atoms with Crippen molar-refractivity contribution in [3.05, 3.63) is 35.2 Å². The number of nitrogens with zero attached hydrogens (tertiary/aromatic N) is 2. The number of benzene rings is 1. The normalized spacial score (nSPS) is 10.5. The molecule has 0 N–H and O–H groups in total. The van der Waals surface area contributed by atoms with E-state index in [9.17, 15) is 0 Å². The van der Waals surface area contributed by atoms with Crippen LogP contribution < -0.4 is 0 Å². The highest BCUT2D eigenvalue weighted by Gasteiger charge is 1.98. The minimum atomic E-state index is 0.701. The third-order valence-corrected chi connectivity index (χ3v) is 2.02. The largest absolute Gasteiger partial charge is 0.241 e. The van der Waals surface area contributed by atoms with Gasteiger partial charge in [0.1, 0.15) is 5.82 Å². The van der Waals surface area contributed by atoms with Crippen molar-refractivity contribution in [2.75, 3.05) is 0 Å². The maximum atomic E-state index is 5.93. The smallest absolute Gasteiger partial charge is 0.125 e. The van der Waals surface area contributed by atoms with Crippen LogP contribution in [0.4, 0.5) is 0 Å². The van der Waals surface area contributed by atoms with Crippen molar-refractivity contribution in [3.63, 3.8) is 0 Å². The number of hydrogen-bond donors (Lipinski definition) is 0. The molecule has 0 fully saturated rings. The fourth-order valence-electron chi connectivity index (χ4n) is 1.11. The number of halogens is 1. The molecule has 0 unspecified atom stereocenters. The first-order valence-electron chi connectivity index (χ1n) is 3.65. The average molecular weight is 179 g/mol. The summed E-state index contributed by atoms with van der Waals surface area (Å²) in [6.07, 6.45) is 1.75. The topological polar surface area (TPSA) is 25.8 Å². The summed E-state index contributed by atoms with van der Waals surface area (Å²) in [5.74, 6) is 0.768. The van der Waals surface area contributed by atoms with Crippen molar-refractivity contribution in [3.8, 4) is 0 Å². The van der Waals surface area contributed by atoms with Crippen molar-refractivity contribution in [1.29, 1.82) is 0 Å². The molecule has 0 aliphatic carbocycles. The molecule has 2 rings (SSSR count). The van der Waals surface area contributed by atoms with Gasteiger partial charge in [0, 0.05) is 11.6 Å². The second-order valence-corrected chi connectivity index (χ2v) is 3.00. The Balaban J connectivity index is 2.86.